The van der Waals surface area contributed by atoms with Crippen molar-refractivity contribution in [2.45, 2.75) is 6.18 Å². The monoisotopic (exact) mass is 235 g/mol. The molecule has 0 atom stereocenters. The van der Waals surface area contributed by atoms with Crippen LogP contribution in [0, 0.1) is 0 Å². The molecule has 0 aromatic carbocycles. The van der Waals surface area contributed by atoms with E-state index < -0.39 is 36.0 Å². The molecule has 0 radical (unpaired) electrons. The van der Waals surface area contributed by atoms with Crippen molar-refractivity contribution in [2.24, 2.45) is 0 Å². The van der Waals surface area contributed by atoms with Gasteiger partial charge in [-0.2, -0.15) is 13.2 Å². The van der Waals surface area contributed by atoms with Crippen LogP contribution in [0.4, 0.5) is 13.2 Å². The normalized spacial score (nSPS) is 11.3. The van der Waals surface area contributed by atoms with Crippen LogP contribution in [0.3, 0.4) is 0 Å². The van der Waals surface area contributed by atoms with E-state index in [-0.39, 0.29) is 6.07 Å². The van der Waals surface area contributed by atoms with Crippen molar-refractivity contribution in [1.29, 1.82) is 0 Å². The number of aromatic nitrogens is 1. The SMILES string of the molecule is O=C(O)c1cc(C(F)(F)F)ncc1B(O)O. The molecular formula is C7H5BF3NO4. The number of halogens is 3. The number of carboxylic acids is 1. The lowest BCUT2D eigenvalue weighted by Crippen LogP contribution is -2.36. The highest BCUT2D eigenvalue weighted by Crippen LogP contribution is 2.27. The van der Waals surface area contributed by atoms with Crippen molar-refractivity contribution in [2.75, 3.05) is 0 Å². The number of hydrogen-bond donors (Lipinski definition) is 3. The molecule has 5 nitrogen and oxygen atoms in total. The van der Waals surface area contributed by atoms with Crippen LogP contribution in [-0.4, -0.2) is 33.2 Å². The number of aromatic carboxylic acids is 1. The lowest BCUT2D eigenvalue weighted by molar-refractivity contribution is -0.141. The van der Waals surface area contributed by atoms with Crippen LogP contribution < -0.4 is 5.46 Å². The number of rotatable bonds is 2. The fraction of sp³-hybridized carbons (Fsp3) is 0.143. The van der Waals surface area contributed by atoms with Crippen LogP contribution in [-0.2, 0) is 6.18 Å². The lowest BCUT2D eigenvalue weighted by atomic mass is 9.78. The second kappa shape index (κ2) is 4.10. The summed E-state index contributed by atoms with van der Waals surface area (Å²) in [5.41, 5.74) is -2.85. The molecule has 16 heavy (non-hydrogen) atoms. The van der Waals surface area contributed by atoms with Gasteiger partial charge in [-0.15, -0.1) is 0 Å². The summed E-state index contributed by atoms with van der Waals surface area (Å²) in [6, 6.07) is 0.247. The van der Waals surface area contributed by atoms with Gasteiger partial charge in [-0.3, -0.25) is 4.98 Å². The lowest BCUT2D eigenvalue weighted by Gasteiger charge is -2.09. The predicted octanol–water partition coefficient (Wildman–Crippen LogP) is -0.522. The van der Waals surface area contributed by atoms with Crippen LogP contribution in [0.15, 0.2) is 12.3 Å². The summed E-state index contributed by atoms with van der Waals surface area (Å²) in [6.07, 6.45) is -4.32. The maximum atomic E-state index is 12.2. The third-order valence-electron chi connectivity index (χ3n) is 1.73. The van der Waals surface area contributed by atoms with Crippen molar-refractivity contribution >= 4 is 18.6 Å². The Morgan fingerprint density at radius 2 is 1.94 bits per heavy atom. The smallest absolute Gasteiger partial charge is 0.478 e. The summed E-state index contributed by atoms with van der Waals surface area (Å²) in [6.45, 7) is 0. The van der Waals surface area contributed by atoms with Crippen molar-refractivity contribution in [3.8, 4) is 0 Å². The standard InChI is InChI=1S/C7H5BF3NO4/c9-7(10,11)5-1-3(6(13)14)4(2-12-5)8(15)16/h1-2,15-16H,(H,13,14). The van der Waals surface area contributed by atoms with Gasteiger partial charge in [0.1, 0.15) is 5.69 Å². The molecule has 0 aliphatic rings. The Morgan fingerprint density at radius 1 is 1.38 bits per heavy atom. The summed E-state index contributed by atoms with van der Waals surface area (Å²) in [5, 5.41) is 26.0. The average Bonchev–Trinajstić information content (AvgIpc) is 2.15. The van der Waals surface area contributed by atoms with E-state index in [1.807, 2.05) is 0 Å². The van der Waals surface area contributed by atoms with Gasteiger partial charge in [0.05, 0.1) is 5.56 Å². The van der Waals surface area contributed by atoms with E-state index in [1.54, 1.807) is 0 Å². The van der Waals surface area contributed by atoms with Crippen LogP contribution in [0.5, 0.6) is 0 Å². The molecule has 86 valence electrons. The van der Waals surface area contributed by atoms with Gasteiger partial charge in [0.15, 0.2) is 0 Å². The van der Waals surface area contributed by atoms with Crippen molar-refractivity contribution in [3.63, 3.8) is 0 Å². The third-order valence-corrected chi connectivity index (χ3v) is 1.73. The van der Waals surface area contributed by atoms with Crippen molar-refractivity contribution < 1.29 is 33.1 Å². The molecule has 0 bridgehead atoms. The van der Waals surface area contributed by atoms with Gasteiger partial charge in [0.25, 0.3) is 0 Å². The minimum absolute atomic E-state index is 0.247. The fourth-order valence-electron chi connectivity index (χ4n) is 1.01. The maximum absolute atomic E-state index is 12.2. The molecule has 0 unspecified atom stereocenters. The van der Waals surface area contributed by atoms with E-state index in [0.29, 0.717) is 6.20 Å². The number of carbonyl (C=O) groups is 1. The summed E-state index contributed by atoms with van der Waals surface area (Å²) in [7, 11) is -2.19. The van der Waals surface area contributed by atoms with Gasteiger partial charge in [-0.25, -0.2) is 4.79 Å². The first-order valence-corrected chi connectivity index (χ1v) is 3.90. The molecule has 1 aromatic heterocycles. The van der Waals surface area contributed by atoms with Crippen LogP contribution in [0.25, 0.3) is 0 Å². The molecule has 0 aliphatic heterocycles. The summed E-state index contributed by atoms with van der Waals surface area (Å²) < 4.78 is 36.6. The number of alkyl halides is 3. The molecule has 0 fully saturated rings. The molecule has 1 heterocycles. The van der Waals surface area contributed by atoms with E-state index in [1.165, 1.54) is 0 Å². The Labute approximate surface area is 87.3 Å². The summed E-state index contributed by atoms with van der Waals surface area (Å²) >= 11 is 0. The van der Waals surface area contributed by atoms with Gasteiger partial charge in [0, 0.05) is 11.7 Å². The van der Waals surface area contributed by atoms with E-state index >= 15 is 0 Å². The quantitative estimate of drug-likeness (QED) is 0.600. The molecule has 0 saturated carbocycles. The number of pyridine rings is 1. The first-order valence-electron chi connectivity index (χ1n) is 3.90. The molecule has 9 heteroatoms. The van der Waals surface area contributed by atoms with Gasteiger partial charge in [0.2, 0.25) is 0 Å². The fourth-order valence-corrected chi connectivity index (χ4v) is 1.01. The zero-order valence-electron chi connectivity index (χ0n) is 7.56. The Hall–Kier alpha value is -1.61. The molecule has 0 amide bonds. The van der Waals surface area contributed by atoms with Crippen LogP contribution >= 0.6 is 0 Å². The van der Waals surface area contributed by atoms with Gasteiger partial charge >= 0.3 is 19.3 Å². The Bertz CT molecular complexity index is 421. The van der Waals surface area contributed by atoms with Crippen molar-refractivity contribution in [1.82, 2.24) is 4.98 Å². The highest BCUT2D eigenvalue weighted by atomic mass is 19.4. The molecule has 0 aliphatic carbocycles. The van der Waals surface area contributed by atoms with E-state index in [2.05, 4.69) is 4.98 Å². The molecule has 1 rings (SSSR count). The van der Waals surface area contributed by atoms with Gasteiger partial charge < -0.3 is 15.2 Å². The molecule has 3 N–H and O–H groups in total. The zero-order valence-corrected chi connectivity index (χ0v) is 7.56. The van der Waals surface area contributed by atoms with E-state index in [9.17, 15) is 18.0 Å². The van der Waals surface area contributed by atoms with Crippen LogP contribution in [0.1, 0.15) is 16.1 Å². The number of carboxylic acid groups (broad SMARTS) is 1. The molecule has 1 aromatic rings. The second-order valence-electron chi connectivity index (χ2n) is 2.83. The highest BCUT2D eigenvalue weighted by molar-refractivity contribution is 6.60. The zero-order chi connectivity index (χ0) is 12.5. The highest BCUT2D eigenvalue weighted by Gasteiger charge is 2.34. The molecule has 0 spiro atoms. The average molecular weight is 235 g/mol. The number of nitrogens with zero attached hydrogens (tertiary/aromatic N) is 1. The first kappa shape index (κ1) is 12.5. The summed E-state index contributed by atoms with van der Waals surface area (Å²) in [5.74, 6) is -1.70. The molecule has 0 saturated heterocycles. The Morgan fingerprint density at radius 3 is 2.31 bits per heavy atom. The Kier molecular flexibility index (Phi) is 3.20. The predicted molar refractivity (Wildman–Crippen MR) is 46.0 cm³/mol. The topological polar surface area (TPSA) is 90.7 Å². The molecular weight excluding hydrogens is 230 g/mol. The second-order valence-corrected chi connectivity index (χ2v) is 2.83. The Balaban J connectivity index is 3.34. The minimum Gasteiger partial charge on any atom is -0.478 e. The minimum atomic E-state index is -4.79. The van der Waals surface area contributed by atoms with E-state index in [0.717, 1.165) is 0 Å². The van der Waals surface area contributed by atoms with Crippen LogP contribution in [0.2, 0.25) is 0 Å². The van der Waals surface area contributed by atoms with E-state index in [4.69, 9.17) is 15.2 Å². The first-order chi connectivity index (χ1) is 7.23. The van der Waals surface area contributed by atoms with Gasteiger partial charge in [-0.05, 0) is 6.07 Å². The maximum Gasteiger partial charge on any atom is 0.490 e. The van der Waals surface area contributed by atoms with Crippen molar-refractivity contribution in [3.05, 3.63) is 23.5 Å². The largest absolute Gasteiger partial charge is 0.490 e. The number of hydrogen-bond acceptors (Lipinski definition) is 4. The van der Waals surface area contributed by atoms with Gasteiger partial charge in [-0.1, -0.05) is 0 Å². The third kappa shape index (κ3) is 2.50. The summed E-state index contributed by atoms with van der Waals surface area (Å²) in [4.78, 5) is 13.5.